The van der Waals surface area contributed by atoms with Crippen LogP contribution in [0.1, 0.15) is 21.7 Å². The number of carbonyl (C=O) groups excluding carboxylic acids is 1. The van der Waals surface area contributed by atoms with Gasteiger partial charge in [0, 0.05) is 5.56 Å². The first-order chi connectivity index (χ1) is 10.6. The second-order valence-corrected chi connectivity index (χ2v) is 4.77. The van der Waals surface area contributed by atoms with Gasteiger partial charge in [-0.3, -0.25) is 0 Å². The van der Waals surface area contributed by atoms with Crippen LogP contribution in [0.15, 0.2) is 28.8 Å². The highest BCUT2D eigenvalue weighted by Crippen LogP contribution is 2.41. The van der Waals surface area contributed by atoms with Gasteiger partial charge in [0.25, 0.3) is 5.76 Å². The highest BCUT2D eigenvalue weighted by molar-refractivity contribution is 6.22. The highest BCUT2D eigenvalue weighted by Gasteiger charge is 2.41. The maximum Gasteiger partial charge on any atom is 0.416 e. The summed E-state index contributed by atoms with van der Waals surface area (Å²) < 4.78 is 73.4. The fourth-order valence-electron chi connectivity index (χ4n) is 1.80. The van der Waals surface area contributed by atoms with Crippen molar-refractivity contribution < 1.29 is 36.0 Å². The van der Waals surface area contributed by atoms with Crippen LogP contribution in [0.2, 0.25) is 0 Å². The van der Waals surface area contributed by atoms with Gasteiger partial charge in [-0.25, -0.2) is 4.79 Å². The fraction of sp³-hybridized carbons (Fsp3) is 0.231. The Balaban J connectivity index is 2.56. The van der Waals surface area contributed by atoms with E-state index in [-0.39, 0.29) is 5.56 Å². The van der Waals surface area contributed by atoms with E-state index in [4.69, 9.17) is 11.6 Å². The van der Waals surface area contributed by atoms with Crippen LogP contribution < -0.4 is 0 Å². The quantitative estimate of drug-likeness (QED) is 0.464. The summed E-state index contributed by atoms with van der Waals surface area (Å²) in [7, 11) is 0.929. The number of nitrogens with zero attached hydrogens (tertiary/aromatic N) is 1. The molecule has 124 valence electrons. The van der Waals surface area contributed by atoms with Crippen LogP contribution in [-0.4, -0.2) is 18.2 Å². The molecule has 0 aliphatic carbocycles. The second-order valence-electron chi connectivity index (χ2n) is 4.30. The topological polar surface area (TPSA) is 52.3 Å². The van der Waals surface area contributed by atoms with Gasteiger partial charge in [0.2, 0.25) is 0 Å². The maximum atomic E-state index is 13.5. The Bertz CT molecular complexity index is 719. The third-order valence-electron chi connectivity index (χ3n) is 2.83. The molecule has 0 saturated carbocycles. The van der Waals surface area contributed by atoms with E-state index in [1.165, 1.54) is 0 Å². The molecule has 2 rings (SSSR count). The molecule has 1 aromatic heterocycles. The summed E-state index contributed by atoms with van der Waals surface area (Å²) in [6, 6.07) is 3.18. The predicted molar refractivity (Wildman–Crippen MR) is 68.0 cm³/mol. The zero-order chi connectivity index (χ0) is 17.4. The van der Waals surface area contributed by atoms with Crippen LogP contribution in [0.3, 0.4) is 0 Å². The molecular weight excluding hydrogens is 349 g/mol. The van der Waals surface area contributed by atoms with Gasteiger partial charge in [0.1, 0.15) is 11.3 Å². The molecule has 4 nitrogen and oxygen atoms in total. The molecule has 1 aromatic carbocycles. The van der Waals surface area contributed by atoms with Crippen LogP contribution in [0.4, 0.5) is 22.0 Å². The highest BCUT2D eigenvalue weighted by atomic mass is 35.5. The molecule has 0 bridgehead atoms. The summed E-state index contributed by atoms with van der Waals surface area (Å²) in [5.74, 6) is -2.17. The van der Waals surface area contributed by atoms with Gasteiger partial charge in [-0.1, -0.05) is 17.3 Å². The SMILES string of the molecule is COC(=O)c1onc(-c2ccc(C(F)(F)F)cc2)c1C(F)(F)Cl. The number of halogens is 6. The van der Waals surface area contributed by atoms with E-state index >= 15 is 0 Å². The monoisotopic (exact) mass is 355 g/mol. The minimum absolute atomic E-state index is 0.132. The number of methoxy groups -OCH3 is 1. The standard InChI is InChI=1S/C13H7ClF5NO3/c1-22-11(21)10-8(12(14,15)16)9(20-23-10)6-2-4-7(5-3-6)13(17,18)19/h2-5H,1H3. The Morgan fingerprint density at radius 3 is 2.17 bits per heavy atom. The van der Waals surface area contributed by atoms with Crippen molar-refractivity contribution in [2.45, 2.75) is 11.6 Å². The normalized spacial score (nSPS) is 12.3. The minimum atomic E-state index is -4.58. The molecule has 23 heavy (non-hydrogen) atoms. The number of hydrogen-bond donors (Lipinski definition) is 0. The summed E-state index contributed by atoms with van der Waals surface area (Å²) in [5.41, 5.74) is -2.74. The third-order valence-corrected chi connectivity index (χ3v) is 3.02. The molecule has 0 saturated heterocycles. The molecular formula is C13H7ClF5NO3. The first kappa shape index (κ1) is 17.2. The molecule has 0 amide bonds. The van der Waals surface area contributed by atoms with E-state index in [1.54, 1.807) is 0 Å². The molecule has 0 unspecified atom stereocenters. The molecule has 0 spiro atoms. The van der Waals surface area contributed by atoms with Crippen LogP contribution in [0.5, 0.6) is 0 Å². The lowest BCUT2D eigenvalue weighted by Gasteiger charge is -2.10. The van der Waals surface area contributed by atoms with Crippen LogP contribution in [-0.2, 0) is 16.3 Å². The number of benzene rings is 1. The van der Waals surface area contributed by atoms with Gasteiger partial charge in [0.15, 0.2) is 0 Å². The molecule has 2 aromatic rings. The summed E-state index contributed by atoms with van der Waals surface area (Å²) in [5, 5.41) is -0.748. The van der Waals surface area contributed by atoms with Crippen LogP contribution >= 0.6 is 11.6 Å². The van der Waals surface area contributed by atoms with Gasteiger partial charge < -0.3 is 9.26 Å². The van der Waals surface area contributed by atoms with Gasteiger partial charge in [0.05, 0.1) is 12.7 Å². The molecule has 0 N–H and O–H groups in total. The van der Waals surface area contributed by atoms with Gasteiger partial charge in [-0.05, 0) is 23.7 Å². The molecule has 0 atom stereocenters. The van der Waals surface area contributed by atoms with Crippen molar-refractivity contribution in [3.8, 4) is 11.3 Å². The van der Waals surface area contributed by atoms with Crippen LogP contribution in [0, 0.1) is 0 Å². The first-order valence-electron chi connectivity index (χ1n) is 5.88. The molecule has 0 aliphatic heterocycles. The van der Waals surface area contributed by atoms with E-state index in [1.807, 2.05) is 0 Å². The van der Waals surface area contributed by atoms with E-state index in [2.05, 4.69) is 14.4 Å². The summed E-state index contributed by atoms with van der Waals surface area (Å²) in [6.45, 7) is 0. The number of carbonyl (C=O) groups is 1. The number of rotatable bonds is 3. The zero-order valence-electron chi connectivity index (χ0n) is 11.2. The molecule has 1 heterocycles. The largest absolute Gasteiger partial charge is 0.463 e. The van der Waals surface area contributed by atoms with Crippen molar-refractivity contribution in [2.24, 2.45) is 0 Å². The molecule has 0 aliphatic rings. The number of ether oxygens (including phenoxy) is 1. The third kappa shape index (κ3) is 3.44. The number of hydrogen-bond acceptors (Lipinski definition) is 4. The van der Waals surface area contributed by atoms with Gasteiger partial charge in [-0.2, -0.15) is 22.0 Å². The van der Waals surface area contributed by atoms with Gasteiger partial charge in [-0.15, -0.1) is 0 Å². The Morgan fingerprint density at radius 2 is 1.74 bits per heavy atom. The lowest BCUT2D eigenvalue weighted by atomic mass is 10.0. The van der Waals surface area contributed by atoms with Crippen molar-refractivity contribution in [1.29, 1.82) is 0 Å². The lowest BCUT2D eigenvalue weighted by molar-refractivity contribution is -0.137. The smallest absolute Gasteiger partial charge is 0.416 e. The minimum Gasteiger partial charge on any atom is -0.463 e. The predicted octanol–water partition coefficient (Wildman–Crippen LogP) is 4.44. The van der Waals surface area contributed by atoms with Crippen molar-refractivity contribution >= 4 is 17.6 Å². The maximum absolute atomic E-state index is 13.5. The van der Waals surface area contributed by atoms with Crippen LogP contribution in [0.25, 0.3) is 11.3 Å². The number of aromatic nitrogens is 1. The average Bonchev–Trinajstić information content (AvgIpc) is 2.90. The Morgan fingerprint density at radius 1 is 1.17 bits per heavy atom. The van der Waals surface area contributed by atoms with E-state index < -0.39 is 40.1 Å². The van der Waals surface area contributed by atoms with E-state index in [0.29, 0.717) is 12.1 Å². The Kier molecular flexibility index (Phi) is 4.34. The fourth-order valence-corrected chi connectivity index (χ4v) is 1.97. The zero-order valence-corrected chi connectivity index (χ0v) is 12.0. The lowest BCUT2D eigenvalue weighted by Crippen LogP contribution is -2.12. The van der Waals surface area contributed by atoms with Crippen molar-refractivity contribution in [2.75, 3.05) is 7.11 Å². The van der Waals surface area contributed by atoms with Crippen molar-refractivity contribution in [3.63, 3.8) is 0 Å². The first-order valence-corrected chi connectivity index (χ1v) is 6.26. The molecule has 10 heteroatoms. The second kappa shape index (κ2) is 5.80. The molecule has 0 fully saturated rings. The average molecular weight is 356 g/mol. The summed E-state index contributed by atoms with van der Waals surface area (Å²) in [6.07, 6.45) is -4.58. The Hall–Kier alpha value is -2.16. The number of esters is 1. The summed E-state index contributed by atoms with van der Waals surface area (Å²) in [4.78, 5) is 11.4. The Labute approximate surface area is 130 Å². The van der Waals surface area contributed by atoms with E-state index in [0.717, 1.165) is 19.2 Å². The van der Waals surface area contributed by atoms with E-state index in [9.17, 15) is 26.7 Å². The van der Waals surface area contributed by atoms with Crippen molar-refractivity contribution in [3.05, 3.63) is 41.2 Å². The molecule has 0 radical (unpaired) electrons. The summed E-state index contributed by atoms with van der Waals surface area (Å²) >= 11 is 4.94. The van der Waals surface area contributed by atoms with Crippen molar-refractivity contribution in [1.82, 2.24) is 5.16 Å². The number of alkyl halides is 6. The van der Waals surface area contributed by atoms with Gasteiger partial charge >= 0.3 is 17.5 Å².